The number of fused-ring (bicyclic) bond motifs is 2. The molecule has 0 N–H and O–H groups in total. The Morgan fingerprint density at radius 3 is 2.72 bits per heavy atom. The van der Waals surface area contributed by atoms with Crippen molar-refractivity contribution in [2.75, 3.05) is 43.3 Å². The number of carbonyl (C=O) groups is 2. The zero-order chi connectivity index (χ0) is 25.7. The molecule has 3 aromatic rings. The van der Waals surface area contributed by atoms with Crippen molar-refractivity contribution in [1.82, 2.24) is 4.57 Å². The van der Waals surface area contributed by atoms with E-state index in [0.29, 0.717) is 36.9 Å². The van der Waals surface area contributed by atoms with Crippen molar-refractivity contribution in [1.29, 1.82) is 0 Å². The number of para-hydroxylation sites is 1. The highest BCUT2D eigenvalue weighted by molar-refractivity contribution is 7.92. The number of anilines is 1. The molecule has 0 spiro atoms. The molecule has 0 unspecified atom stereocenters. The van der Waals surface area contributed by atoms with Crippen LogP contribution in [0.25, 0.3) is 10.2 Å². The van der Waals surface area contributed by atoms with Crippen LogP contribution >= 0.6 is 11.3 Å². The second kappa shape index (κ2) is 11.4. The first-order valence-electron chi connectivity index (χ1n) is 11.7. The molecule has 0 atom stereocenters. The van der Waals surface area contributed by atoms with Crippen LogP contribution in [-0.4, -0.2) is 63.2 Å². The quantitative estimate of drug-likeness (QED) is 0.420. The molecule has 2 amide bonds. The second-order valence-corrected chi connectivity index (χ2v) is 11.5. The van der Waals surface area contributed by atoms with E-state index in [0.717, 1.165) is 34.3 Å². The zero-order valence-corrected chi connectivity index (χ0v) is 21.9. The van der Waals surface area contributed by atoms with E-state index >= 15 is 0 Å². The van der Waals surface area contributed by atoms with Crippen molar-refractivity contribution in [2.45, 2.75) is 26.3 Å². The number of methoxy groups -OCH3 is 1. The molecular formula is C25H29N3O6S2. The lowest BCUT2D eigenvalue weighted by molar-refractivity contribution is -0.116. The van der Waals surface area contributed by atoms with Crippen LogP contribution in [0.1, 0.15) is 18.9 Å². The van der Waals surface area contributed by atoms with Crippen molar-refractivity contribution in [3.8, 4) is 5.75 Å². The Labute approximate surface area is 213 Å². The van der Waals surface area contributed by atoms with Gasteiger partial charge in [-0.2, -0.15) is 4.99 Å². The number of ether oxygens (including phenoxy) is 2. The number of amides is 2. The Morgan fingerprint density at radius 2 is 1.94 bits per heavy atom. The Bertz CT molecular complexity index is 1440. The van der Waals surface area contributed by atoms with E-state index in [1.165, 1.54) is 16.2 Å². The first-order valence-corrected chi connectivity index (χ1v) is 14.4. The van der Waals surface area contributed by atoms with E-state index in [2.05, 4.69) is 4.99 Å². The van der Waals surface area contributed by atoms with Crippen LogP contribution in [0.2, 0.25) is 0 Å². The monoisotopic (exact) mass is 531 g/mol. The predicted octanol–water partition coefficient (Wildman–Crippen LogP) is 2.57. The summed E-state index contributed by atoms with van der Waals surface area (Å²) < 4.78 is 39.0. The predicted molar refractivity (Wildman–Crippen MR) is 139 cm³/mol. The number of aromatic nitrogens is 1. The van der Waals surface area contributed by atoms with Gasteiger partial charge in [0.15, 0.2) is 14.6 Å². The summed E-state index contributed by atoms with van der Waals surface area (Å²) >= 11 is 1.27. The highest BCUT2D eigenvalue weighted by atomic mass is 32.2. The zero-order valence-electron chi connectivity index (χ0n) is 20.3. The van der Waals surface area contributed by atoms with E-state index in [9.17, 15) is 18.0 Å². The number of carbonyl (C=O) groups excluding carboxylic acids is 2. The maximum atomic E-state index is 12.9. The van der Waals surface area contributed by atoms with Gasteiger partial charge in [-0.1, -0.05) is 29.5 Å². The number of hydrogen-bond acceptors (Lipinski definition) is 7. The fourth-order valence-electron chi connectivity index (χ4n) is 4.23. The van der Waals surface area contributed by atoms with E-state index in [1.807, 2.05) is 54.0 Å². The standard InChI is InChI=1S/C25H29N3O6S2/c1-3-34-19-10-11-21-22(15-19)35-25(28(21)13-14-33-2)26-23(29)16-36(31,32)17-24(30)27-12-6-8-18-7-4-5-9-20(18)27/h4-5,7,9-11,15H,3,6,8,12-14,16-17H2,1-2H3. The molecule has 0 radical (unpaired) electrons. The van der Waals surface area contributed by atoms with Crippen molar-refractivity contribution in [3.05, 3.63) is 52.8 Å². The summed E-state index contributed by atoms with van der Waals surface area (Å²) in [5.41, 5.74) is 2.59. The molecule has 0 fully saturated rings. The smallest absolute Gasteiger partial charge is 0.263 e. The molecule has 2 aromatic carbocycles. The summed E-state index contributed by atoms with van der Waals surface area (Å²) in [5, 5.41) is 0. The molecule has 0 saturated carbocycles. The van der Waals surface area contributed by atoms with Gasteiger partial charge < -0.3 is 18.9 Å². The average molecular weight is 532 g/mol. The lowest BCUT2D eigenvalue weighted by Crippen LogP contribution is -2.40. The fraction of sp³-hybridized carbons (Fsp3) is 0.400. The maximum absolute atomic E-state index is 12.9. The fourth-order valence-corrected chi connectivity index (χ4v) is 6.41. The third-order valence-electron chi connectivity index (χ3n) is 5.80. The first-order chi connectivity index (χ1) is 17.3. The van der Waals surface area contributed by atoms with Crippen LogP contribution in [0, 0.1) is 0 Å². The minimum atomic E-state index is -4.01. The molecule has 4 rings (SSSR count). The molecule has 2 heterocycles. The Morgan fingerprint density at radius 1 is 1.14 bits per heavy atom. The molecule has 0 aliphatic carbocycles. The van der Waals surface area contributed by atoms with Crippen LogP contribution in [0.5, 0.6) is 5.75 Å². The van der Waals surface area contributed by atoms with Gasteiger partial charge in [-0.25, -0.2) is 8.42 Å². The van der Waals surface area contributed by atoms with Gasteiger partial charge in [0.25, 0.3) is 5.91 Å². The maximum Gasteiger partial charge on any atom is 0.263 e. The third kappa shape index (κ3) is 6.03. The van der Waals surface area contributed by atoms with Gasteiger partial charge in [-0.15, -0.1) is 0 Å². The summed E-state index contributed by atoms with van der Waals surface area (Å²) in [7, 11) is -2.43. The molecule has 0 saturated heterocycles. The average Bonchev–Trinajstić information content (AvgIpc) is 3.17. The highest BCUT2D eigenvalue weighted by Crippen LogP contribution is 2.27. The van der Waals surface area contributed by atoms with E-state index < -0.39 is 33.2 Å². The van der Waals surface area contributed by atoms with Gasteiger partial charge in [-0.05, 0) is 49.6 Å². The number of benzene rings is 2. The topological polar surface area (TPSA) is 107 Å². The summed E-state index contributed by atoms with van der Waals surface area (Å²) in [6, 6.07) is 13.0. The summed E-state index contributed by atoms with van der Waals surface area (Å²) in [6.07, 6.45) is 1.60. The van der Waals surface area contributed by atoms with Crippen LogP contribution in [0.15, 0.2) is 47.5 Å². The number of thiazole rings is 1. The van der Waals surface area contributed by atoms with Crippen molar-refractivity contribution in [3.63, 3.8) is 0 Å². The molecule has 11 heteroatoms. The number of rotatable bonds is 9. The van der Waals surface area contributed by atoms with Crippen LogP contribution in [-0.2, 0) is 37.1 Å². The van der Waals surface area contributed by atoms with Gasteiger partial charge in [0.2, 0.25) is 5.91 Å². The van der Waals surface area contributed by atoms with Crippen LogP contribution < -0.4 is 14.4 Å². The molecule has 1 aliphatic heterocycles. The number of hydrogen-bond donors (Lipinski definition) is 0. The number of aryl methyl sites for hydroxylation is 1. The lowest BCUT2D eigenvalue weighted by Gasteiger charge is -2.29. The summed E-state index contributed by atoms with van der Waals surface area (Å²) in [4.78, 5) is 31.6. The van der Waals surface area contributed by atoms with Gasteiger partial charge in [0.05, 0.1) is 23.4 Å². The lowest BCUT2D eigenvalue weighted by atomic mass is 10.0. The molecule has 1 aliphatic rings. The van der Waals surface area contributed by atoms with Crippen LogP contribution in [0.4, 0.5) is 5.69 Å². The molecule has 192 valence electrons. The highest BCUT2D eigenvalue weighted by Gasteiger charge is 2.28. The number of nitrogens with zero attached hydrogens (tertiary/aromatic N) is 3. The molecular weight excluding hydrogens is 502 g/mol. The molecule has 36 heavy (non-hydrogen) atoms. The summed E-state index contributed by atoms with van der Waals surface area (Å²) in [5.74, 6) is -2.23. The van der Waals surface area contributed by atoms with E-state index in [4.69, 9.17) is 9.47 Å². The third-order valence-corrected chi connectivity index (χ3v) is 8.22. The van der Waals surface area contributed by atoms with Crippen molar-refractivity contribution >= 4 is 48.9 Å². The first kappa shape index (κ1) is 26.1. The van der Waals surface area contributed by atoms with Crippen molar-refractivity contribution in [2.24, 2.45) is 4.99 Å². The Balaban J connectivity index is 1.54. The Kier molecular flexibility index (Phi) is 8.22. The minimum absolute atomic E-state index is 0.368. The van der Waals surface area contributed by atoms with Crippen LogP contribution in [0.3, 0.4) is 0 Å². The van der Waals surface area contributed by atoms with Gasteiger partial charge in [0, 0.05) is 25.9 Å². The largest absolute Gasteiger partial charge is 0.494 e. The van der Waals surface area contributed by atoms with E-state index in [-0.39, 0.29) is 0 Å². The van der Waals surface area contributed by atoms with E-state index in [1.54, 1.807) is 7.11 Å². The Hall–Kier alpha value is -3.02. The molecule has 1 aromatic heterocycles. The second-order valence-electron chi connectivity index (χ2n) is 8.41. The van der Waals surface area contributed by atoms with Crippen molar-refractivity contribution < 1.29 is 27.5 Å². The van der Waals surface area contributed by atoms with Gasteiger partial charge in [0.1, 0.15) is 17.3 Å². The number of sulfone groups is 1. The summed E-state index contributed by atoms with van der Waals surface area (Å²) in [6.45, 7) is 3.71. The van der Waals surface area contributed by atoms with Gasteiger partial charge in [-0.3, -0.25) is 9.59 Å². The SMILES string of the molecule is CCOc1ccc2c(c1)sc(=NC(=O)CS(=O)(=O)CC(=O)N1CCCc3ccccc31)n2CCOC. The molecule has 0 bridgehead atoms. The normalized spacial score (nSPS) is 14.2. The van der Waals surface area contributed by atoms with Gasteiger partial charge >= 0.3 is 0 Å². The molecule has 9 nitrogen and oxygen atoms in total. The minimum Gasteiger partial charge on any atom is -0.494 e.